The number of primary amides is 1. The van der Waals surface area contributed by atoms with Gasteiger partial charge in [0.1, 0.15) is 5.82 Å². The highest BCUT2D eigenvalue weighted by Crippen LogP contribution is 2.18. The zero-order chi connectivity index (χ0) is 13.0. The van der Waals surface area contributed by atoms with Crippen molar-refractivity contribution in [1.29, 1.82) is 0 Å². The molecule has 0 saturated carbocycles. The summed E-state index contributed by atoms with van der Waals surface area (Å²) in [5.41, 5.74) is 6.38. The number of likely N-dealkylation sites (tertiary alicyclic amines) is 1. The van der Waals surface area contributed by atoms with E-state index in [4.69, 9.17) is 5.73 Å². The standard InChI is InChI=1S/C13H20N4O/c1-15-12-4-2-3-11(16-12)9-17-7-5-10(6-8-17)13(14)18/h2-4,10H,5-9H2,1H3,(H2,14,18)(H,15,16). The number of carbonyl (C=O) groups is 1. The first-order valence-corrected chi connectivity index (χ1v) is 6.34. The summed E-state index contributed by atoms with van der Waals surface area (Å²) in [5.74, 6) is 0.780. The van der Waals surface area contributed by atoms with Crippen LogP contribution < -0.4 is 11.1 Å². The van der Waals surface area contributed by atoms with E-state index in [0.717, 1.165) is 44.0 Å². The summed E-state index contributed by atoms with van der Waals surface area (Å²) in [6.07, 6.45) is 1.72. The van der Waals surface area contributed by atoms with Crippen molar-refractivity contribution >= 4 is 11.7 Å². The van der Waals surface area contributed by atoms with Gasteiger partial charge in [-0.2, -0.15) is 0 Å². The molecule has 0 spiro atoms. The van der Waals surface area contributed by atoms with Crippen LogP contribution in [0, 0.1) is 5.92 Å². The number of anilines is 1. The Morgan fingerprint density at radius 2 is 2.22 bits per heavy atom. The maximum Gasteiger partial charge on any atom is 0.220 e. The first kappa shape index (κ1) is 12.8. The Bertz CT molecular complexity index is 413. The lowest BCUT2D eigenvalue weighted by Crippen LogP contribution is -2.38. The number of piperidine rings is 1. The van der Waals surface area contributed by atoms with Gasteiger partial charge in [-0.25, -0.2) is 4.98 Å². The van der Waals surface area contributed by atoms with Crippen LogP contribution in [0.1, 0.15) is 18.5 Å². The summed E-state index contributed by atoms with van der Waals surface area (Å²) in [7, 11) is 1.87. The van der Waals surface area contributed by atoms with Gasteiger partial charge in [0, 0.05) is 19.5 Å². The molecule has 1 saturated heterocycles. The van der Waals surface area contributed by atoms with Gasteiger partial charge in [-0.3, -0.25) is 9.69 Å². The summed E-state index contributed by atoms with van der Waals surface area (Å²) in [4.78, 5) is 17.9. The highest BCUT2D eigenvalue weighted by Gasteiger charge is 2.23. The van der Waals surface area contributed by atoms with Crippen LogP contribution in [-0.4, -0.2) is 35.9 Å². The average Bonchev–Trinajstić information content (AvgIpc) is 2.39. The van der Waals surface area contributed by atoms with Crippen LogP contribution in [-0.2, 0) is 11.3 Å². The van der Waals surface area contributed by atoms with Gasteiger partial charge in [-0.05, 0) is 38.1 Å². The number of nitrogens with two attached hydrogens (primary N) is 1. The van der Waals surface area contributed by atoms with Crippen LogP contribution in [0.5, 0.6) is 0 Å². The number of amides is 1. The van der Waals surface area contributed by atoms with Gasteiger partial charge in [-0.1, -0.05) is 6.07 Å². The third-order valence-electron chi connectivity index (χ3n) is 3.44. The van der Waals surface area contributed by atoms with E-state index >= 15 is 0 Å². The molecule has 5 heteroatoms. The monoisotopic (exact) mass is 248 g/mol. The molecule has 2 rings (SSSR count). The van der Waals surface area contributed by atoms with E-state index in [0.29, 0.717) is 0 Å². The molecule has 1 amide bonds. The smallest absolute Gasteiger partial charge is 0.220 e. The fourth-order valence-electron chi connectivity index (χ4n) is 2.31. The normalized spacial score (nSPS) is 17.6. The second-order valence-corrected chi connectivity index (χ2v) is 4.72. The summed E-state index contributed by atoms with van der Waals surface area (Å²) < 4.78 is 0. The molecular weight excluding hydrogens is 228 g/mol. The Labute approximate surface area is 107 Å². The second kappa shape index (κ2) is 5.82. The Hall–Kier alpha value is -1.62. The van der Waals surface area contributed by atoms with Crippen molar-refractivity contribution in [3.63, 3.8) is 0 Å². The third-order valence-corrected chi connectivity index (χ3v) is 3.44. The molecule has 0 aliphatic carbocycles. The number of hydrogen-bond donors (Lipinski definition) is 2. The number of aromatic nitrogens is 1. The lowest BCUT2D eigenvalue weighted by atomic mass is 9.96. The van der Waals surface area contributed by atoms with Crippen molar-refractivity contribution in [2.75, 3.05) is 25.5 Å². The van der Waals surface area contributed by atoms with E-state index < -0.39 is 0 Å². The van der Waals surface area contributed by atoms with E-state index in [1.54, 1.807) is 0 Å². The van der Waals surface area contributed by atoms with Crippen LogP contribution >= 0.6 is 0 Å². The molecule has 1 aromatic rings. The molecule has 3 N–H and O–H groups in total. The third kappa shape index (κ3) is 3.20. The molecule has 18 heavy (non-hydrogen) atoms. The predicted octanol–water partition coefficient (Wildman–Crippen LogP) is 0.821. The summed E-state index contributed by atoms with van der Waals surface area (Å²) >= 11 is 0. The van der Waals surface area contributed by atoms with Gasteiger partial charge in [0.05, 0.1) is 5.69 Å². The summed E-state index contributed by atoms with van der Waals surface area (Å²) in [6.45, 7) is 2.67. The van der Waals surface area contributed by atoms with Crippen LogP contribution in [0.4, 0.5) is 5.82 Å². The molecule has 0 aromatic carbocycles. The van der Waals surface area contributed by atoms with Crippen molar-refractivity contribution in [2.24, 2.45) is 11.7 Å². The van der Waals surface area contributed by atoms with E-state index in [1.807, 2.05) is 25.2 Å². The minimum absolute atomic E-state index is 0.0536. The number of hydrogen-bond acceptors (Lipinski definition) is 4. The average molecular weight is 248 g/mol. The Balaban J connectivity index is 1.89. The van der Waals surface area contributed by atoms with E-state index in [1.165, 1.54) is 0 Å². The number of carbonyl (C=O) groups excluding carboxylic acids is 1. The quantitative estimate of drug-likeness (QED) is 0.827. The van der Waals surface area contributed by atoms with Gasteiger partial charge in [-0.15, -0.1) is 0 Å². The minimum Gasteiger partial charge on any atom is -0.373 e. The fraction of sp³-hybridized carbons (Fsp3) is 0.538. The van der Waals surface area contributed by atoms with Crippen molar-refractivity contribution in [2.45, 2.75) is 19.4 Å². The number of nitrogens with zero attached hydrogens (tertiary/aromatic N) is 2. The molecule has 1 aliphatic rings. The maximum atomic E-state index is 11.1. The largest absolute Gasteiger partial charge is 0.373 e. The van der Waals surface area contributed by atoms with Crippen LogP contribution in [0.3, 0.4) is 0 Å². The summed E-state index contributed by atoms with van der Waals surface area (Å²) in [5, 5.41) is 3.04. The van der Waals surface area contributed by atoms with Gasteiger partial charge in [0.2, 0.25) is 5.91 Å². The first-order valence-electron chi connectivity index (χ1n) is 6.34. The number of pyridine rings is 1. The molecule has 1 aliphatic heterocycles. The van der Waals surface area contributed by atoms with Crippen LogP contribution in [0.2, 0.25) is 0 Å². The van der Waals surface area contributed by atoms with Crippen molar-refractivity contribution in [3.8, 4) is 0 Å². The topological polar surface area (TPSA) is 71.2 Å². The maximum absolute atomic E-state index is 11.1. The van der Waals surface area contributed by atoms with Gasteiger partial charge >= 0.3 is 0 Å². The molecule has 98 valence electrons. The van der Waals surface area contributed by atoms with Crippen LogP contribution in [0.25, 0.3) is 0 Å². The molecule has 0 atom stereocenters. The highest BCUT2D eigenvalue weighted by atomic mass is 16.1. The summed E-state index contributed by atoms with van der Waals surface area (Å²) in [6, 6.07) is 5.98. The Morgan fingerprint density at radius 3 is 2.83 bits per heavy atom. The highest BCUT2D eigenvalue weighted by molar-refractivity contribution is 5.76. The molecule has 0 radical (unpaired) electrons. The first-order chi connectivity index (χ1) is 8.69. The molecule has 2 heterocycles. The number of rotatable bonds is 4. The van der Waals surface area contributed by atoms with Gasteiger partial charge in [0.15, 0.2) is 0 Å². The second-order valence-electron chi connectivity index (χ2n) is 4.72. The van der Waals surface area contributed by atoms with E-state index in [2.05, 4.69) is 15.2 Å². The predicted molar refractivity (Wildman–Crippen MR) is 71.0 cm³/mol. The SMILES string of the molecule is CNc1cccc(CN2CCC(C(N)=O)CC2)n1. The zero-order valence-corrected chi connectivity index (χ0v) is 10.7. The molecule has 5 nitrogen and oxygen atoms in total. The Morgan fingerprint density at radius 1 is 1.50 bits per heavy atom. The Kier molecular flexibility index (Phi) is 4.15. The molecule has 0 bridgehead atoms. The van der Waals surface area contributed by atoms with Gasteiger partial charge < -0.3 is 11.1 Å². The lowest BCUT2D eigenvalue weighted by Gasteiger charge is -2.30. The van der Waals surface area contributed by atoms with Gasteiger partial charge in [0.25, 0.3) is 0 Å². The molecule has 0 unspecified atom stereocenters. The fourth-order valence-corrected chi connectivity index (χ4v) is 2.31. The lowest BCUT2D eigenvalue weighted by molar-refractivity contribution is -0.123. The molecule has 1 fully saturated rings. The van der Waals surface area contributed by atoms with E-state index in [-0.39, 0.29) is 11.8 Å². The minimum atomic E-state index is -0.162. The van der Waals surface area contributed by atoms with Crippen molar-refractivity contribution in [1.82, 2.24) is 9.88 Å². The molecular formula is C13H20N4O. The zero-order valence-electron chi connectivity index (χ0n) is 10.7. The van der Waals surface area contributed by atoms with Crippen LogP contribution in [0.15, 0.2) is 18.2 Å². The van der Waals surface area contributed by atoms with E-state index in [9.17, 15) is 4.79 Å². The molecule has 1 aromatic heterocycles. The number of nitrogens with one attached hydrogen (secondary N) is 1. The van der Waals surface area contributed by atoms with Crippen molar-refractivity contribution in [3.05, 3.63) is 23.9 Å². The van der Waals surface area contributed by atoms with Crippen molar-refractivity contribution < 1.29 is 4.79 Å².